The lowest BCUT2D eigenvalue weighted by Crippen LogP contribution is -2.41. The van der Waals surface area contributed by atoms with Crippen molar-refractivity contribution in [3.63, 3.8) is 0 Å². The summed E-state index contributed by atoms with van der Waals surface area (Å²) in [6, 6.07) is -0.127. The van der Waals surface area contributed by atoms with E-state index in [4.69, 9.17) is 9.47 Å². The molecule has 1 unspecified atom stereocenters. The van der Waals surface area contributed by atoms with Gasteiger partial charge in [-0.05, 0) is 19.9 Å². The van der Waals surface area contributed by atoms with E-state index in [1.807, 2.05) is 0 Å². The highest BCUT2D eigenvalue weighted by atomic mass is 32.2. The number of ether oxygens (including phenoxy) is 2. The summed E-state index contributed by atoms with van der Waals surface area (Å²) < 4.78 is 34.3. The maximum absolute atomic E-state index is 12.1. The zero-order valence-electron chi connectivity index (χ0n) is 9.94. The van der Waals surface area contributed by atoms with E-state index in [0.29, 0.717) is 32.7 Å². The van der Waals surface area contributed by atoms with Crippen LogP contribution >= 0.6 is 0 Å². The lowest BCUT2D eigenvalue weighted by molar-refractivity contribution is 0.0982. The van der Waals surface area contributed by atoms with Crippen LogP contribution < -0.4 is 5.32 Å². The number of rotatable bonds is 6. The highest BCUT2D eigenvalue weighted by Crippen LogP contribution is 2.17. The molecule has 0 saturated carbocycles. The predicted molar refractivity (Wildman–Crippen MR) is 62.4 cm³/mol. The Bertz CT molecular complexity index is 285. The van der Waals surface area contributed by atoms with E-state index in [-0.39, 0.29) is 17.0 Å². The first-order valence-electron chi connectivity index (χ1n) is 5.55. The summed E-state index contributed by atoms with van der Waals surface area (Å²) in [7, 11) is 0.289. The fourth-order valence-corrected chi connectivity index (χ4v) is 3.87. The molecule has 1 fully saturated rings. The summed E-state index contributed by atoms with van der Waals surface area (Å²) in [6.07, 6.45) is 1.23. The Morgan fingerprint density at radius 1 is 1.44 bits per heavy atom. The molecule has 0 spiro atoms. The lowest BCUT2D eigenvalue weighted by Gasteiger charge is -2.24. The average Bonchev–Trinajstić information content (AvgIpc) is 2.29. The van der Waals surface area contributed by atoms with Crippen molar-refractivity contribution < 1.29 is 17.9 Å². The van der Waals surface area contributed by atoms with Crippen LogP contribution in [-0.2, 0) is 19.3 Å². The minimum absolute atomic E-state index is 0.127. The molecule has 0 aliphatic carbocycles. The molecule has 1 aliphatic rings. The summed E-state index contributed by atoms with van der Waals surface area (Å²) in [5.41, 5.74) is 0. The van der Waals surface area contributed by atoms with E-state index in [1.165, 1.54) is 0 Å². The molecule has 6 heteroatoms. The Morgan fingerprint density at radius 2 is 2.06 bits per heavy atom. The first kappa shape index (κ1) is 13.9. The number of likely N-dealkylation sites (N-methyl/N-ethyl adjacent to an activating group) is 1. The van der Waals surface area contributed by atoms with Gasteiger partial charge in [0.25, 0.3) is 0 Å². The van der Waals surface area contributed by atoms with Crippen molar-refractivity contribution >= 4 is 9.84 Å². The fraction of sp³-hybridized carbons (Fsp3) is 1.00. The Hall–Kier alpha value is -0.170. The third-order valence-electron chi connectivity index (χ3n) is 2.89. The topological polar surface area (TPSA) is 64.6 Å². The van der Waals surface area contributed by atoms with E-state index in [9.17, 15) is 8.42 Å². The van der Waals surface area contributed by atoms with Crippen LogP contribution in [0.4, 0.5) is 0 Å². The van der Waals surface area contributed by atoms with Crippen LogP contribution in [-0.4, -0.2) is 59.4 Å². The zero-order chi connectivity index (χ0) is 12.0. The van der Waals surface area contributed by atoms with Gasteiger partial charge in [-0.25, -0.2) is 8.42 Å². The summed E-state index contributed by atoms with van der Waals surface area (Å²) in [6.45, 7) is 1.52. The van der Waals surface area contributed by atoms with Gasteiger partial charge in [0.05, 0.1) is 17.6 Å². The highest BCUT2D eigenvalue weighted by Gasteiger charge is 2.29. The van der Waals surface area contributed by atoms with Gasteiger partial charge in [-0.3, -0.25) is 0 Å². The molecule has 0 bridgehead atoms. The Morgan fingerprint density at radius 3 is 2.56 bits per heavy atom. The van der Waals surface area contributed by atoms with Gasteiger partial charge in [-0.1, -0.05) is 0 Å². The summed E-state index contributed by atoms with van der Waals surface area (Å²) in [5.74, 6) is 0.141. The molecular formula is C10H21NO4S. The summed E-state index contributed by atoms with van der Waals surface area (Å²) in [4.78, 5) is 0. The van der Waals surface area contributed by atoms with E-state index >= 15 is 0 Å². The van der Waals surface area contributed by atoms with Crippen molar-refractivity contribution in [3.8, 4) is 0 Å². The second-order valence-electron chi connectivity index (χ2n) is 4.08. The van der Waals surface area contributed by atoms with Gasteiger partial charge in [-0.2, -0.15) is 0 Å². The predicted octanol–water partition coefficient (Wildman–Crippen LogP) is -0.185. The largest absolute Gasteiger partial charge is 0.383 e. The second kappa shape index (κ2) is 6.54. The van der Waals surface area contributed by atoms with Gasteiger partial charge in [-0.15, -0.1) is 0 Å². The van der Waals surface area contributed by atoms with Gasteiger partial charge in [0.15, 0.2) is 9.84 Å². The minimum atomic E-state index is -3.04. The van der Waals surface area contributed by atoms with Crippen molar-refractivity contribution in [2.24, 2.45) is 0 Å². The van der Waals surface area contributed by atoms with Crippen molar-refractivity contribution in [1.29, 1.82) is 0 Å². The molecule has 1 saturated heterocycles. The molecular weight excluding hydrogens is 230 g/mol. The quantitative estimate of drug-likeness (QED) is 0.709. The summed E-state index contributed by atoms with van der Waals surface area (Å²) in [5, 5.41) is 2.72. The van der Waals surface area contributed by atoms with Crippen LogP contribution in [0.3, 0.4) is 0 Å². The van der Waals surface area contributed by atoms with Crippen LogP contribution in [0.2, 0.25) is 0 Å². The smallest absolute Gasteiger partial charge is 0.154 e. The Labute approximate surface area is 97.4 Å². The Balaban J connectivity index is 2.54. The molecule has 1 heterocycles. The maximum Gasteiger partial charge on any atom is 0.154 e. The van der Waals surface area contributed by atoms with E-state index in [1.54, 1.807) is 14.2 Å². The van der Waals surface area contributed by atoms with Gasteiger partial charge < -0.3 is 14.8 Å². The molecule has 1 atom stereocenters. The van der Waals surface area contributed by atoms with Crippen LogP contribution in [0, 0.1) is 0 Å². The van der Waals surface area contributed by atoms with Crippen LogP contribution in [0.5, 0.6) is 0 Å². The van der Waals surface area contributed by atoms with Gasteiger partial charge in [0.1, 0.15) is 0 Å². The molecule has 0 aromatic heterocycles. The van der Waals surface area contributed by atoms with E-state index < -0.39 is 9.84 Å². The standard InChI is InChI=1S/C10H21NO4S/c1-11-9(7-14-2)8-16(12,13)10-3-5-15-6-4-10/h9-11H,3-8H2,1-2H3. The highest BCUT2D eigenvalue weighted by molar-refractivity contribution is 7.92. The van der Waals surface area contributed by atoms with E-state index in [2.05, 4.69) is 5.32 Å². The molecule has 1 aliphatic heterocycles. The number of hydrogen-bond acceptors (Lipinski definition) is 5. The minimum Gasteiger partial charge on any atom is -0.383 e. The number of nitrogens with one attached hydrogen (secondary N) is 1. The maximum atomic E-state index is 12.1. The third-order valence-corrected chi connectivity index (χ3v) is 5.24. The molecule has 1 N–H and O–H groups in total. The lowest BCUT2D eigenvalue weighted by atomic mass is 10.2. The molecule has 5 nitrogen and oxygen atoms in total. The molecule has 0 amide bonds. The molecule has 1 rings (SSSR count). The molecule has 0 radical (unpaired) electrons. The average molecular weight is 251 g/mol. The van der Waals surface area contributed by atoms with Crippen LogP contribution in [0.15, 0.2) is 0 Å². The number of hydrogen-bond donors (Lipinski definition) is 1. The van der Waals surface area contributed by atoms with Gasteiger partial charge in [0.2, 0.25) is 0 Å². The number of sulfone groups is 1. The van der Waals surface area contributed by atoms with E-state index in [0.717, 1.165) is 0 Å². The van der Waals surface area contributed by atoms with Crippen molar-refractivity contribution in [3.05, 3.63) is 0 Å². The third kappa shape index (κ3) is 4.01. The molecule has 0 aromatic rings. The Kier molecular flexibility index (Phi) is 5.68. The van der Waals surface area contributed by atoms with Gasteiger partial charge in [0, 0.05) is 26.4 Å². The van der Waals surface area contributed by atoms with Gasteiger partial charge >= 0.3 is 0 Å². The van der Waals surface area contributed by atoms with Crippen LogP contribution in [0.25, 0.3) is 0 Å². The van der Waals surface area contributed by atoms with Crippen molar-refractivity contribution in [2.75, 3.05) is 39.7 Å². The second-order valence-corrected chi connectivity index (χ2v) is 6.41. The normalized spacial score (nSPS) is 20.9. The monoisotopic (exact) mass is 251 g/mol. The molecule has 0 aromatic carbocycles. The summed E-state index contributed by atoms with van der Waals surface area (Å²) >= 11 is 0. The van der Waals surface area contributed by atoms with Crippen molar-refractivity contribution in [2.45, 2.75) is 24.1 Å². The first-order valence-corrected chi connectivity index (χ1v) is 7.27. The zero-order valence-corrected chi connectivity index (χ0v) is 10.8. The SMILES string of the molecule is CNC(COC)CS(=O)(=O)C1CCOCC1. The first-order chi connectivity index (χ1) is 7.60. The fourth-order valence-electron chi connectivity index (χ4n) is 1.87. The van der Waals surface area contributed by atoms with Crippen molar-refractivity contribution in [1.82, 2.24) is 5.32 Å². The molecule has 96 valence electrons. The number of methoxy groups -OCH3 is 1. The van der Waals surface area contributed by atoms with Crippen LogP contribution in [0.1, 0.15) is 12.8 Å². The molecule has 16 heavy (non-hydrogen) atoms.